The van der Waals surface area contributed by atoms with Gasteiger partial charge >= 0.3 is 5.97 Å². The van der Waals surface area contributed by atoms with E-state index < -0.39 is 0 Å². The normalized spacial score (nSPS) is 10.4. The van der Waals surface area contributed by atoms with E-state index in [1.54, 1.807) is 52.3 Å². The standard InChI is InChI=1S/C21H25NO5/c1-14(2)27-21(24)16-7-9-17(10-8-16)22-20(23)12-6-15-5-11-18(25-3)19(13-15)26-4/h5,7-11,13-14H,6,12H2,1-4H3,(H,22,23). The quantitative estimate of drug-likeness (QED) is 0.714. The highest BCUT2D eigenvalue weighted by molar-refractivity contribution is 5.93. The van der Waals surface area contributed by atoms with Gasteiger partial charge in [-0.1, -0.05) is 6.07 Å². The summed E-state index contributed by atoms with van der Waals surface area (Å²) in [7, 11) is 3.16. The van der Waals surface area contributed by atoms with Crippen molar-refractivity contribution in [3.05, 3.63) is 53.6 Å². The van der Waals surface area contributed by atoms with Crippen LogP contribution in [0.2, 0.25) is 0 Å². The van der Waals surface area contributed by atoms with E-state index in [0.717, 1.165) is 5.56 Å². The first kappa shape index (κ1) is 20.3. The molecule has 0 atom stereocenters. The number of methoxy groups -OCH3 is 2. The van der Waals surface area contributed by atoms with Crippen molar-refractivity contribution in [2.24, 2.45) is 0 Å². The second-order valence-electron chi connectivity index (χ2n) is 6.27. The SMILES string of the molecule is COc1ccc(CCC(=O)Nc2ccc(C(=O)OC(C)C)cc2)cc1OC. The molecule has 0 radical (unpaired) electrons. The number of nitrogens with one attached hydrogen (secondary N) is 1. The molecule has 0 heterocycles. The van der Waals surface area contributed by atoms with E-state index in [9.17, 15) is 9.59 Å². The molecule has 0 aliphatic rings. The van der Waals surface area contributed by atoms with Crippen LogP contribution < -0.4 is 14.8 Å². The lowest BCUT2D eigenvalue weighted by Gasteiger charge is -2.10. The minimum Gasteiger partial charge on any atom is -0.493 e. The predicted octanol–water partition coefficient (Wildman–Crippen LogP) is 3.84. The molecule has 0 saturated heterocycles. The van der Waals surface area contributed by atoms with Gasteiger partial charge in [0.1, 0.15) is 0 Å². The Morgan fingerprint density at radius 3 is 2.22 bits per heavy atom. The van der Waals surface area contributed by atoms with Crippen LogP contribution in [0.4, 0.5) is 5.69 Å². The van der Waals surface area contributed by atoms with E-state index in [0.29, 0.717) is 35.6 Å². The molecule has 1 N–H and O–H groups in total. The summed E-state index contributed by atoms with van der Waals surface area (Å²) in [6, 6.07) is 12.2. The number of ether oxygens (including phenoxy) is 3. The van der Waals surface area contributed by atoms with Crippen LogP contribution >= 0.6 is 0 Å². The van der Waals surface area contributed by atoms with Gasteiger partial charge < -0.3 is 19.5 Å². The molecule has 0 saturated carbocycles. The minimum atomic E-state index is -0.378. The molecule has 6 heteroatoms. The summed E-state index contributed by atoms with van der Waals surface area (Å²) < 4.78 is 15.6. The lowest BCUT2D eigenvalue weighted by atomic mass is 10.1. The van der Waals surface area contributed by atoms with E-state index in [2.05, 4.69) is 5.32 Å². The Kier molecular flexibility index (Phi) is 7.23. The lowest BCUT2D eigenvalue weighted by molar-refractivity contribution is -0.116. The smallest absolute Gasteiger partial charge is 0.338 e. The molecule has 6 nitrogen and oxygen atoms in total. The second kappa shape index (κ2) is 9.62. The highest BCUT2D eigenvalue weighted by atomic mass is 16.5. The second-order valence-corrected chi connectivity index (χ2v) is 6.27. The lowest BCUT2D eigenvalue weighted by Crippen LogP contribution is -2.13. The fourth-order valence-corrected chi connectivity index (χ4v) is 2.49. The van der Waals surface area contributed by atoms with Gasteiger partial charge in [0.15, 0.2) is 11.5 Å². The number of esters is 1. The third-order valence-corrected chi connectivity index (χ3v) is 3.84. The van der Waals surface area contributed by atoms with Crippen LogP contribution in [-0.4, -0.2) is 32.2 Å². The van der Waals surface area contributed by atoms with E-state index in [1.807, 2.05) is 18.2 Å². The predicted molar refractivity (Wildman–Crippen MR) is 103 cm³/mol. The molecule has 2 rings (SSSR count). The fraction of sp³-hybridized carbons (Fsp3) is 0.333. The van der Waals surface area contributed by atoms with Crippen molar-refractivity contribution in [3.8, 4) is 11.5 Å². The van der Waals surface area contributed by atoms with Crippen molar-refractivity contribution < 1.29 is 23.8 Å². The van der Waals surface area contributed by atoms with Crippen LogP contribution in [0.1, 0.15) is 36.2 Å². The molecule has 0 fully saturated rings. The number of rotatable bonds is 8. The Bertz CT molecular complexity index is 784. The van der Waals surface area contributed by atoms with Gasteiger partial charge in [0.05, 0.1) is 25.9 Å². The van der Waals surface area contributed by atoms with Crippen LogP contribution in [0, 0.1) is 0 Å². The van der Waals surface area contributed by atoms with Crippen molar-refractivity contribution in [2.75, 3.05) is 19.5 Å². The first-order valence-electron chi connectivity index (χ1n) is 8.74. The van der Waals surface area contributed by atoms with Crippen LogP contribution in [0.3, 0.4) is 0 Å². The number of anilines is 1. The number of benzene rings is 2. The number of aryl methyl sites for hydroxylation is 1. The molecular formula is C21H25NO5. The van der Waals surface area contributed by atoms with Crippen molar-refractivity contribution in [1.82, 2.24) is 0 Å². The molecule has 0 bridgehead atoms. The van der Waals surface area contributed by atoms with E-state index in [-0.39, 0.29) is 18.0 Å². The van der Waals surface area contributed by atoms with E-state index in [1.165, 1.54) is 0 Å². The van der Waals surface area contributed by atoms with Gasteiger partial charge in [-0.05, 0) is 62.2 Å². The first-order valence-corrected chi connectivity index (χ1v) is 8.74. The number of hydrogen-bond acceptors (Lipinski definition) is 5. The zero-order chi connectivity index (χ0) is 19.8. The molecule has 0 unspecified atom stereocenters. The highest BCUT2D eigenvalue weighted by Gasteiger charge is 2.10. The molecule has 2 aromatic carbocycles. The molecular weight excluding hydrogens is 346 g/mol. The van der Waals surface area contributed by atoms with Gasteiger partial charge in [0, 0.05) is 12.1 Å². The summed E-state index contributed by atoms with van der Waals surface area (Å²) in [4.78, 5) is 24.0. The van der Waals surface area contributed by atoms with Crippen molar-refractivity contribution >= 4 is 17.6 Å². The maximum absolute atomic E-state index is 12.2. The van der Waals surface area contributed by atoms with Crippen LogP contribution in [0.15, 0.2) is 42.5 Å². The molecule has 1 amide bonds. The van der Waals surface area contributed by atoms with Crippen LogP contribution in [0.25, 0.3) is 0 Å². The average Bonchev–Trinajstić information content (AvgIpc) is 2.66. The molecule has 27 heavy (non-hydrogen) atoms. The topological polar surface area (TPSA) is 73.9 Å². The van der Waals surface area contributed by atoms with Gasteiger partial charge in [-0.3, -0.25) is 4.79 Å². The monoisotopic (exact) mass is 371 g/mol. The zero-order valence-electron chi connectivity index (χ0n) is 16.1. The van der Waals surface area contributed by atoms with Gasteiger partial charge in [-0.2, -0.15) is 0 Å². The average molecular weight is 371 g/mol. The van der Waals surface area contributed by atoms with Gasteiger partial charge in [0.2, 0.25) is 5.91 Å². The Hall–Kier alpha value is -3.02. The summed E-state index contributed by atoms with van der Waals surface area (Å²) in [5.74, 6) is 0.805. The van der Waals surface area contributed by atoms with Gasteiger partial charge in [0.25, 0.3) is 0 Å². The minimum absolute atomic E-state index is 0.109. The summed E-state index contributed by atoms with van der Waals surface area (Å²) in [5.41, 5.74) is 2.06. The Labute approximate surface area is 159 Å². The number of carbonyl (C=O) groups is 2. The van der Waals surface area contributed by atoms with Crippen LogP contribution in [0.5, 0.6) is 11.5 Å². The molecule has 2 aromatic rings. The maximum Gasteiger partial charge on any atom is 0.338 e. The summed E-state index contributed by atoms with van der Waals surface area (Å²) in [6.45, 7) is 3.59. The Balaban J connectivity index is 1.89. The number of amides is 1. The maximum atomic E-state index is 12.2. The highest BCUT2D eigenvalue weighted by Crippen LogP contribution is 2.28. The number of hydrogen-bond donors (Lipinski definition) is 1. The first-order chi connectivity index (χ1) is 12.9. The molecule has 0 aromatic heterocycles. The summed E-state index contributed by atoms with van der Waals surface area (Å²) in [6.07, 6.45) is 0.728. The van der Waals surface area contributed by atoms with Crippen LogP contribution in [-0.2, 0) is 16.0 Å². The molecule has 0 spiro atoms. The zero-order valence-corrected chi connectivity index (χ0v) is 16.1. The van der Waals surface area contributed by atoms with Gasteiger partial charge in [-0.25, -0.2) is 4.79 Å². The summed E-state index contributed by atoms with van der Waals surface area (Å²) in [5, 5.41) is 2.82. The molecule has 0 aliphatic heterocycles. The van der Waals surface area contributed by atoms with Crippen molar-refractivity contribution in [1.29, 1.82) is 0 Å². The molecule has 144 valence electrons. The Morgan fingerprint density at radius 1 is 0.963 bits per heavy atom. The largest absolute Gasteiger partial charge is 0.493 e. The van der Waals surface area contributed by atoms with Crippen molar-refractivity contribution in [3.63, 3.8) is 0 Å². The van der Waals surface area contributed by atoms with Gasteiger partial charge in [-0.15, -0.1) is 0 Å². The Morgan fingerprint density at radius 2 is 1.63 bits per heavy atom. The van der Waals surface area contributed by atoms with E-state index >= 15 is 0 Å². The third kappa shape index (κ3) is 6.02. The summed E-state index contributed by atoms with van der Waals surface area (Å²) >= 11 is 0. The fourth-order valence-electron chi connectivity index (χ4n) is 2.49. The van der Waals surface area contributed by atoms with Crippen molar-refractivity contribution in [2.45, 2.75) is 32.8 Å². The molecule has 0 aliphatic carbocycles. The third-order valence-electron chi connectivity index (χ3n) is 3.84. The van der Waals surface area contributed by atoms with E-state index in [4.69, 9.17) is 14.2 Å². The number of carbonyl (C=O) groups excluding carboxylic acids is 2.